The molecule has 7 heteroatoms. The van der Waals surface area contributed by atoms with Crippen molar-refractivity contribution in [3.05, 3.63) is 60.2 Å². The third-order valence-corrected chi connectivity index (χ3v) is 3.73. The summed E-state index contributed by atoms with van der Waals surface area (Å²) < 4.78 is 10.6. The molecular weight excluding hydrogens is 308 g/mol. The van der Waals surface area contributed by atoms with Crippen molar-refractivity contribution in [2.75, 3.05) is 7.11 Å². The van der Waals surface area contributed by atoms with Crippen LogP contribution >= 0.6 is 0 Å². The number of aromatic nitrogens is 3. The summed E-state index contributed by atoms with van der Waals surface area (Å²) in [6.45, 7) is 0. The molecule has 0 saturated carbocycles. The fraction of sp³-hybridized carbons (Fsp3) is 0.176. The van der Waals surface area contributed by atoms with E-state index in [2.05, 4.69) is 20.3 Å². The maximum absolute atomic E-state index is 5.47. The van der Waals surface area contributed by atoms with Gasteiger partial charge in [0.25, 0.3) is 5.89 Å². The zero-order valence-electron chi connectivity index (χ0n) is 12.9. The molecule has 0 aliphatic carbocycles. The topological polar surface area (TPSA) is 82.6 Å². The van der Waals surface area contributed by atoms with Crippen LogP contribution in [0.5, 0.6) is 5.75 Å². The average Bonchev–Trinajstić information content (AvgIpc) is 3.32. The normalized spacial score (nSPS) is 16.5. The van der Waals surface area contributed by atoms with Crippen molar-refractivity contribution in [2.24, 2.45) is 5.16 Å². The lowest BCUT2D eigenvalue weighted by Crippen LogP contribution is -2.02. The number of nitrogens with zero attached hydrogens (tertiary/aromatic N) is 4. The first-order chi connectivity index (χ1) is 11.8. The maximum Gasteiger partial charge on any atom is 0.271 e. The second-order valence-corrected chi connectivity index (χ2v) is 5.26. The molecule has 1 aliphatic rings. The van der Waals surface area contributed by atoms with E-state index in [0.717, 1.165) is 22.6 Å². The third-order valence-electron chi connectivity index (χ3n) is 3.73. The summed E-state index contributed by atoms with van der Waals surface area (Å²) >= 11 is 0. The van der Waals surface area contributed by atoms with E-state index in [9.17, 15) is 0 Å². The second kappa shape index (κ2) is 6.11. The van der Waals surface area contributed by atoms with Crippen LogP contribution in [0.2, 0.25) is 0 Å². The summed E-state index contributed by atoms with van der Waals surface area (Å²) in [6, 6.07) is 11.3. The minimum absolute atomic E-state index is 0.380. The van der Waals surface area contributed by atoms with Crippen LogP contribution < -0.4 is 4.74 Å². The molecule has 1 atom stereocenters. The van der Waals surface area contributed by atoms with Crippen molar-refractivity contribution in [3.8, 4) is 17.1 Å². The molecule has 0 saturated heterocycles. The highest BCUT2D eigenvalue weighted by Gasteiger charge is 2.29. The molecule has 0 radical (unpaired) electrons. The van der Waals surface area contributed by atoms with E-state index in [4.69, 9.17) is 14.1 Å². The molecule has 0 spiro atoms. The summed E-state index contributed by atoms with van der Waals surface area (Å²) in [7, 11) is 1.63. The van der Waals surface area contributed by atoms with Gasteiger partial charge in [-0.1, -0.05) is 22.4 Å². The first kappa shape index (κ1) is 14.4. The minimum atomic E-state index is -0.380. The van der Waals surface area contributed by atoms with Gasteiger partial charge in [-0.3, -0.25) is 4.98 Å². The van der Waals surface area contributed by atoms with Crippen molar-refractivity contribution in [2.45, 2.75) is 12.5 Å². The number of hydrogen-bond donors (Lipinski definition) is 0. The van der Waals surface area contributed by atoms with Gasteiger partial charge in [0.1, 0.15) is 5.75 Å². The highest BCUT2D eigenvalue weighted by atomic mass is 16.7. The van der Waals surface area contributed by atoms with E-state index in [1.54, 1.807) is 19.5 Å². The Morgan fingerprint density at radius 1 is 1.12 bits per heavy atom. The van der Waals surface area contributed by atoms with Crippen LogP contribution in [0.15, 0.2) is 58.5 Å². The monoisotopic (exact) mass is 322 g/mol. The van der Waals surface area contributed by atoms with Gasteiger partial charge in [-0.25, -0.2) is 0 Å². The van der Waals surface area contributed by atoms with Crippen molar-refractivity contribution >= 4 is 5.71 Å². The SMILES string of the molecule is COc1cccc(C2=NO[C@@H](c3nc(-c4ccncc4)no3)C2)c1. The summed E-state index contributed by atoms with van der Waals surface area (Å²) in [5.41, 5.74) is 2.61. The summed E-state index contributed by atoms with van der Waals surface area (Å²) in [6.07, 6.45) is 3.54. The van der Waals surface area contributed by atoms with Gasteiger partial charge in [-0.05, 0) is 24.3 Å². The third kappa shape index (κ3) is 2.71. The van der Waals surface area contributed by atoms with Gasteiger partial charge in [-0.2, -0.15) is 4.98 Å². The van der Waals surface area contributed by atoms with Crippen LogP contribution in [0.1, 0.15) is 24.0 Å². The number of rotatable bonds is 4. The van der Waals surface area contributed by atoms with E-state index in [1.807, 2.05) is 36.4 Å². The molecule has 3 aromatic rings. The Kier molecular flexibility index (Phi) is 3.66. The lowest BCUT2D eigenvalue weighted by Gasteiger charge is -2.03. The molecular formula is C17H14N4O3. The number of methoxy groups -OCH3 is 1. The molecule has 2 aromatic heterocycles. The van der Waals surface area contributed by atoms with Crippen LogP contribution in [0.4, 0.5) is 0 Å². The molecule has 24 heavy (non-hydrogen) atoms. The molecule has 0 bridgehead atoms. The van der Waals surface area contributed by atoms with Crippen molar-refractivity contribution in [1.82, 2.24) is 15.1 Å². The predicted molar refractivity (Wildman–Crippen MR) is 85.5 cm³/mol. The van der Waals surface area contributed by atoms with Crippen LogP contribution in [0.3, 0.4) is 0 Å². The van der Waals surface area contributed by atoms with Gasteiger partial charge in [0.05, 0.1) is 12.8 Å². The van der Waals surface area contributed by atoms with Gasteiger partial charge in [-0.15, -0.1) is 0 Å². The summed E-state index contributed by atoms with van der Waals surface area (Å²) in [4.78, 5) is 13.8. The zero-order chi connectivity index (χ0) is 16.4. The Labute approximate surface area is 137 Å². The number of benzene rings is 1. The van der Waals surface area contributed by atoms with Crippen molar-refractivity contribution < 1.29 is 14.1 Å². The van der Waals surface area contributed by atoms with E-state index in [-0.39, 0.29) is 6.10 Å². The van der Waals surface area contributed by atoms with Gasteiger partial charge in [0, 0.05) is 29.9 Å². The van der Waals surface area contributed by atoms with Crippen LogP contribution in [-0.2, 0) is 4.84 Å². The number of pyridine rings is 1. The van der Waals surface area contributed by atoms with E-state index in [1.165, 1.54) is 0 Å². The Morgan fingerprint density at radius 3 is 2.83 bits per heavy atom. The molecule has 0 N–H and O–H groups in total. The Balaban J connectivity index is 1.51. The largest absolute Gasteiger partial charge is 0.497 e. The molecule has 1 aliphatic heterocycles. The first-order valence-corrected chi connectivity index (χ1v) is 7.44. The fourth-order valence-electron chi connectivity index (χ4n) is 2.47. The van der Waals surface area contributed by atoms with Crippen LogP contribution in [0.25, 0.3) is 11.4 Å². The Hall–Kier alpha value is -3.22. The Morgan fingerprint density at radius 2 is 2.00 bits per heavy atom. The summed E-state index contributed by atoms with van der Waals surface area (Å²) in [5, 5.41) is 8.14. The van der Waals surface area contributed by atoms with Gasteiger partial charge in [0.2, 0.25) is 11.9 Å². The standard InChI is InChI=1S/C17H14N4O3/c1-22-13-4-2-3-12(9-13)14-10-15(23-20-14)17-19-16(21-24-17)11-5-7-18-8-6-11/h2-9,15H,10H2,1H3/t15-/m1/s1. The molecule has 120 valence electrons. The average molecular weight is 322 g/mol. The molecule has 1 aromatic carbocycles. The van der Waals surface area contributed by atoms with Gasteiger partial charge < -0.3 is 14.1 Å². The van der Waals surface area contributed by atoms with Crippen LogP contribution in [-0.4, -0.2) is 27.9 Å². The number of ether oxygens (including phenoxy) is 1. The van der Waals surface area contributed by atoms with Crippen molar-refractivity contribution in [3.63, 3.8) is 0 Å². The molecule has 7 nitrogen and oxygen atoms in total. The zero-order valence-corrected chi connectivity index (χ0v) is 12.9. The van der Waals surface area contributed by atoms with Crippen LogP contribution in [0, 0.1) is 0 Å². The number of hydrogen-bond acceptors (Lipinski definition) is 7. The fourth-order valence-corrected chi connectivity index (χ4v) is 2.47. The maximum atomic E-state index is 5.47. The first-order valence-electron chi connectivity index (χ1n) is 7.44. The predicted octanol–water partition coefficient (Wildman–Crippen LogP) is 3.01. The Bertz CT molecular complexity index is 876. The highest BCUT2D eigenvalue weighted by molar-refractivity contribution is 6.01. The smallest absolute Gasteiger partial charge is 0.271 e. The molecule has 0 fully saturated rings. The lowest BCUT2D eigenvalue weighted by atomic mass is 10.0. The summed E-state index contributed by atoms with van der Waals surface area (Å²) in [5.74, 6) is 1.69. The van der Waals surface area contributed by atoms with Gasteiger partial charge >= 0.3 is 0 Å². The molecule has 3 heterocycles. The molecule has 4 rings (SSSR count). The second-order valence-electron chi connectivity index (χ2n) is 5.26. The van der Waals surface area contributed by atoms with E-state index < -0.39 is 0 Å². The molecule has 0 unspecified atom stereocenters. The van der Waals surface area contributed by atoms with E-state index in [0.29, 0.717) is 18.1 Å². The quantitative estimate of drug-likeness (QED) is 0.734. The van der Waals surface area contributed by atoms with Gasteiger partial charge in [0.15, 0.2) is 0 Å². The number of oxime groups is 1. The van der Waals surface area contributed by atoms with E-state index >= 15 is 0 Å². The molecule has 0 amide bonds. The highest BCUT2D eigenvalue weighted by Crippen LogP contribution is 2.30. The minimum Gasteiger partial charge on any atom is -0.497 e. The van der Waals surface area contributed by atoms with Crippen molar-refractivity contribution in [1.29, 1.82) is 0 Å². The lowest BCUT2D eigenvalue weighted by molar-refractivity contribution is 0.0599.